The smallest absolute Gasteiger partial charge is 0.228 e. The van der Waals surface area contributed by atoms with Crippen LogP contribution in [0.5, 0.6) is 0 Å². The summed E-state index contributed by atoms with van der Waals surface area (Å²) in [6.45, 7) is 1.64. The van der Waals surface area contributed by atoms with E-state index in [2.05, 4.69) is 10.6 Å². The Hall–Kier alpha value is -1.68. The number of carbonyl (C=O) groups is 1. The number of fused-ring (bicyclic) bond motifs is 1. The number of carbonyl (C=O) groups excluding carboxylic acids is 1. The molecule has 1 aromatic carbocycles. The van der Waals surface area contributed by atoms with Gasteiger partial charge in [0.05, 0.1) is 6.42 Å². The van der Waals surface area contributed by atoms with Gasteiger partial charge in [-0.05, 0) is 23.3 Å². The first-order valence-corrected chi connectivity index (χ1v) is 5.25. The monoisotopic (exact) mass is 218 g/mol. The third-order valence-corrected chi connectivity index (χ3v) is 2.91. The van der Waals surface area contributed by atoms with Crippen LogP contribution >= 0.6 is 0 Å². The first-order chi connectivity index (χ1) is 7.72. The van der Waals surface area contributed by atoms with Crippen LogP contribution in [0.15, 0.2) is 17.7 Å². The van der Waals surface area contributed by atoms with E-state index in [4.69, 9.17) is 0 Å². The van der Waals surface area contributed by atoms with Gasteiger partial charge < -0.3 is 10.6 Å². The summed E-state index contributed by atoms with van der Waals surface area (Å²) in [5.74, 6) is -0.320. The largest absolute Gasteiger partial charge is 0.326 e. The molecule has 1 aromatic rings. The Morgan fingerprint density at radius 2 is 2.12 bits per heavy atom. The second-order valence-corrected chi connectivity index (χ2v) is 4.16. The number of halogens is 1. The van der Waals surface area contributed by atoms with Crippen molar-refractivity contribution in [1.29, 1.82) is 0 Å². The topological polar surface area (TPSA) is 41.1 Å². The van der Waals surface area contributed by atoms with Crippen molar-refractivity contribution in [2.45, 2.75) is 6.42 Å². The van der Waals surface area contributed by atoms with E-state index in [0.717, 1.165) is 24.3 Å². The van der Waals surface area contributed by atoms with E-state index in [-0.39, 0.29) is 18.1 Å². The molecule has 2 N–H and O–H groups in total. The van der Waals surface area contributed by atoms with Gasteiger partial charge in [0.1, 0.15) is 5.82 Å². The zero-order chi connectivity index (χ0) is 11.1. The number of amides is 1. The Labute approximate surface area is 92.3 Å². The van der Waals surface area contributed by atoms with E-state index in [0.29, 0.717) is 5.56 Å². The molecule has 82 valence electrons. The van der Waals surface area contributed by atoms with Crippen LogP contribution in [0.2, 0.25) is 0 Å². The molecule has 0 radical (unpaired) electrons. The van der Waals surface area contributed by atoms with Crippen LogP contribution in [-0.2, 0) is 11.2 Å². The van der Waals surface area contributed by atoms with E-state index in [1.165, 1.54) is 11.6 Å². The summed E-state index contributed by atoms with van der Waals surface area (Å²) in [5.41, 5.74) is 3.22. The molecule has 3 rings (SSSR count). The van der Waals surface area contributed by atoms with Crippen LogP contribution in [0.4, 0.5) is 10.1 Å². The van der Waals surface area contributed by atoms with Gasteiger partial charge in [-0.25, -0.2) is 4.39 Å². The molecule has 0 spiro atoms. The molecule has 2 aliphatic rings. The molecule has 0 bridgehead atoms. The van der Waals surface area contributed by atoms with Crippen LogP contribution in [0.1, 0.15) is 11.1 Å². The normalized spacial score (nSPS) is 17.8. The molecule has 3 nitrogen and oxygen atoms in total. The standard InChI is InChI=1S/C12H11FN2O/c13-10-2-9-4-12(16)15-11(9)3-8(10)1-7-5-14-6-7/h1-3,14H,4-6H2,(H,15,16). The maximum Gasteiger partial charge on any atom is 0.228 e. The fourth-order valence-electron chi connectivity index (χ4n) is 1.96. The first kappa shape index (κ1) is 9.54. The Morgan fingerprint density at radius 1 is 1.31 bits per heavy atom. The number of rotatable bonds is 1. The van der Waals surface area contributed by atoms with Crippen molar-refractivity contribution < 1.29 is 9.18 Å². The molecule has 0 aromatic heterocycles. The summed E-state index contributed by atoms with van der Waals surface area (Å²) < 4.78 is 13.7. The van der Waals surface area contributed by atoms with Crippen molar-refractivity contribution in [2.75, 3.05) is 18.4 Å². The average Bonchev–Trinajstić information content (AvgIpc) is 2.50. The Morgan fingerprint density at radius 3 is 2.81 bits per heavy atom. The SMILES string of the molecule is O=C1Cc2cc(F)c(C=C3CNC3)cc2N1. The zero-order valence-electron chi connectivity index (χ0n) is 8.64. The zero-order valence-corrected chi connectivity index (χ0v) is 8.64. The quantitative estimate of drug-likeness (QED) is 0.746. The summed E-state index contributed by atoms with van der Waals surface area (Å²) in [5, 5.41) is 5.82. The highest BCUT2D eigenvalue weighted by molar-refractivity contribution is 5.99. The molecular formula is C12H11FN2O. The highest BCUT2D eigenvalue weighted by atomic mass is 19.1. The van der Waals surface area contributed by atoms with E-state index >= 15 is 0 Å². The van der Waals surface area contributed by atoms with E-state index in [1.807, 2.05) is 6.08 Å². The van der Waals surface area contributed by atoms with Gasteiger partial charge in [0.25, 0.3) is 0 Å². The highest BCUT2D eigenvalue weighted by Gasteiger charge is 2.20. The molecule has 2 heterocycles. The van der Waals surface area contributed by atoms with Crippen LogP contribution in [-0.4, -0.2) is 19.0 Å². The average molecular weight is 218 g/mol. The Kier molecular flexibility index (Phi) is 2.04. The highest BCUT2D eigenvalue weighted by Crippen LogP contribution is 2.27. The lowest BCUT2D eigenvalue weighted by atomic mass is 10.0. The van der Waals surface area contributed by atoms with Gasteiger partial charge in [0.2, 0.25) is 5.91 Å². The third kappa shape index (κ3) is 1.51. The van der Waals surface area contributed by atoms with Gasteiger partial charge in [0.15, 0.2) is 0 Å². The summed E-state index contributed by atoms with van der Waals surface area (Å²) in [4.78, 5) is 11.2. The fraction of sp³-hybridized carbons (Fsp3) is 0.250. The number of hydrogen-bond donors (Lipinski definition) is 2. The minimum absolute atomic E-state index is 0.0653. The summed E-state index contributed by atoms with van der Waals surface area (Å²) >= 11 is 0. The molecule has 16 heavy (non-hydrogen) atoms. The van der Waals surface area contributed by atoms with Crippen molar-refractivity contribution in [3.8, 4) is 0 Å². The molecule has 1 saturated heterocycles. The molecular weight excluding hydrogens is 207 g/mol. The predicted octanol–water partition coefficient (Wildman–Crippen LogP) is 1.31. The second-order valence-electron chi connectivity index (χ2n) is 4.16. The van der Waals surface area contributed by atoms with Crippen LogP contribution in [0.3, 0.4) is 0 Å². The third-order valence-electron chi connectivity index (χ3n) is 2.91. The summed E-state index contributed by atoms with van der Waals surface area (Å²) in [6, 6.07) is 3.16. The summed E-state index contributed by atoms with van der Waals surface area (Å²) in [7, 11) is 0. The number of nitrogens with one attached hydrogen (secondary N) is 2. The minimum atomic E-state index is -0.255. The molecule has 4 heteroatoms. The molecule has 0 aliphatic carbocycles. The van der Waals surface area contributed by atoms with Crippen molar-refractivity contribution in [2.24, 2.45) is 0 Å². The second kappa shape index (κ2) is 3.42. The fourth-order valence-corrected chi connectivity index (χ4v) is 1.96. The number of benzene rings is 1. The molecule has 0 unspecified atom stereocenters. The van der Waals surface area contributed by atoms with Gasteiger partial charge in [-0.1, -0.05) is 6.08 Å². The van der Waals surface area contributed by atoms with Crippen LogP contribution in [0, 0.1) is 5.82 Å². The number of hydrogen-bond acceptors (Lipinski definition) is 2. The lowest BCUT2D eigenvalue weighted by Gasteiger charge is -2.18. The van der Waals surface area contributed by atoms with Crippen LogP contribution < -0.4 is 10.6 Å². The first-order valence-electron chi connectivity index (χ1n) is 5.25. The van der Waals surface area contributed by atoms with Gasteiger partial charge in [-0.3, -0.25) is 4.79 Å². The maximum absolute atomic E-state index is 13.7. The Bertz CT molecular complexity index is 502. The van der Waals surface area contributed by atoms with E-state index < -0.39 is 0 Å². The lowest BCUT2D eigenvalue weighted by Crippen LogP contribution is -2.33. The van der Waals surface area contributed by atoms with Gasteiger partial charge in [-0.15, -0.1) is 0 Å². The predicted molar refractivity (Wildman–Crippen MR) is 59.6 cm³/mol. The molecule has 1 amide bonds. The van der Waals surface area contributed by atoms with Gasteiger partial charge in [-0.2, -0.15) is 0 Å². The molecule has 2 aliphatic heterocycles. The van der Waals surface area contributed by atoms with Gasteiger partial charge in [0, 0.05) is 24.3 Å². The van der Waals surface area contributed by atoms with Crippen molar-refractivity contribution in [3.05, 3.63) is 34.6 Å². The molecule has 1 fully saturated rings. The van der Waals surface area contributed by atoms with Crippen LogP contribution in [0.25, 0.3) is 6.08 Å². The molecule has 0 saturated carbocycles. The van der Waals surface area contributed by atoms with E-state index in [1.54, 1.807) is 6.07 Å². The van der Waals surface area contributed by atoms with Crippen molar-refractivity contribution in [1.82, 2.24) is 5.32 Å². The Balaban J connectivity index is 2.01. The molecule has 0 atom stereocenters. The maximum atomic E-state index is 13.7. The van der Waals surface area contributed by atoms with Crippen molar-refractivity contribution >= 4 is 17.7 Å². The minimum Gasteiger partial charge on any atom is -0.326 e. The van der Waals surface area contributed by atoms with Crippen molar-refractivity contribution in [3.63, 3.8) is 0 Å². The summed E-state index contributed by atoms with van der Waals surface area (Å²) in [6.07, 6.45) is 2.13. The van der Waals surface area contributed by atoms with Gasteiger partial charge >= 0.3 is 0 Å². The van der Waals surface area contributed by atoms with E-state index in [9.17, 15) is 9.18 Å². The number of anilines is 1. The lowest BCUT2D eigenvalue weighted by molar-refractivity contribution is -0.115.